The molecule has 2 N–H and O–H groups in total. The van der Waals surface area contributed by atoms with Crippen molar-refractivity contribution in [2.45, 2.75) is 6.92 Å². The first-order valence-electron chi connectivity index (χ1n) is 4.97. The summed E-state index contributed by atoms with van der Waals surface area (Å²) in [5.41, 5.74) is 0.0876. The van der Waals surface area contributed by atoms with Gasteiger partial charge in [-0.3, -0.25) is 10.1 Å². The summed E-state index contributed by atoms with van der Waals surface area (Å²) in [5, 5.41) is 11.5. The van der Waals surface area contributed by atoms with Crippen LogP contribution in [0, 0.1) is 6.92 Å². The molecule has 0 aliphatic rings. The second-order valence-electron chi connectivity index (χ2n) is 3.41. The summed E-state index contributed by atoms with van der Waals surface area (Å²) in [4.78, 5) is 34.1. The number of hydrogen-bond donors (Lipinski definition) is 2. The summed E-state index contributed by atoms with van der Waals surface area (Å²) in [7, 11) is 0. The lowest BCUT2D eigenvalue weighted by molar-refractivity contribution is 0.0701. The van der Waals surface area contributed by atoms with Crippen LogP contribution in [0.1, 0.15) is 26.0 Å². The number of nitrogens with one attached hydrogen (secondary N) is 1. The van der Waals surface area contributed by atoms with E-state index in [0.717, 1.165) is 11.3 Å². The minimum atomic E-state index is -1.10. The van der Waals surface area contributed by atoms with Crippen molar-refractivity contribution in [1.29, 1.82) is 0 Å². The maximum absolute atomic E-state index is 11.9. The molecule has 0 unspecified atom stereocenters. The molecule has 98 valence electrons. The molecule has 0 aromatic carbocycles. The van der Waals surface area contributed by atoms with Crippen LogP contribution in [0.3, 0.4) is 0 Å². The number of carboxylic acid groups (broad SMARTS) is 1. The fourth-order valence-electron chi connectivity index (χ4n) is 1.24. The second kappa shape index (κ2) is 5.29. The van der Waals surface area contributed by atoms with Crippen LogP contribution in [0.15, 0.2) is 12.3 Å². The van der Waals surface area contributed by atoms with E-state index in [1.807, 2.05) is 0 Å². The third-order valence-corrected chi connectivity index (χ3v) is 3.07. The molecule has 19 heavy (non-hydrogen) atoms. The zero-order chi connectivity index (χ0) is 14.0. The molecule has 2 aromatic heterocycles. The lowest BCUT2D eigenvalue weighted by atomic mass is 10.4. The average molecular weight is 299 g/mol. The van der Waals surface area contributed by atoms with Crippen molar-refractivity contribution in [1.82, 2.24) is 15.0 Å². The monoisotopic (exact) mass is 298 g/mol. The van der Waals surface area contributed by atoms with E-state index in [0.29, 0.717) is 5.82 Å². The Hall–Kier alpha value is -2.06. The largest absolute Gasteiger partial charge is 0.477 e. The van der Waals surface area contributed by atoms with Gasteiger partial charge in [-0.05, 0) is 6.92 Å². The van der Waals surface area contributed by atoms with Gasteiger partial charge in [-0.25, -0.2) is 19.7 Å². The molecule has 2 rings (SSSR count). The van der Waals surface area contributed by atoms with Crippen molar-refractivity contribution >= 4 is 39.9 Å². The number of nitrogens with zero attached hydrogens (tertiary/aromatic N) is 3. The van der Waals surface area contributed by atoms with E-state index in [9.17, 15) is 9.59 Å². The lowest BCUT2D eigenvalue weighted by Gasteiger charge is -2.02. The number of carbonyl (C=O) groups excluding carboxylic acids is 1. The van der Waals surface area contributed by atoms with Crippen molar-refractivity contribution in [2.75, 3.05) is 5.32 Å². The van der Waals surface area contributed by atoms with Gasteiger partial charge in [0.1, 0.15) is 21.5 Å². The number of carbonyl (C=O) groups is 2. The molecule has 0 aliphatic carbocycles. The van der Waals surface area contributed by atoms with E-state index < -0.39 is 11.9 Å². The Morgan fingerprint density at radius 2 is 2.16 bits per heavy atom. The lowest BCUT2D eigenvalue weighted by Crippen LogP contribution is -2.14. The molecule has 0 radical (unpaired) electrons. The third kappa shape index (κ3) is 3.24. The van der Waals surface area contributed by atoms with Crippen LogP contribution in [0.25, 0.3) is 0 Å². The first-order chi connectivity index (χ1) is 8.95. The molecule has 0 fully saturated rings. The van der Waals surface area contributed by atoms with Crippen molar-refractivity contribution in [3.05, 3.63) is 33.8 Å². The summed E-state index contributed by atoms with van der Waals surface area (Å²) >= 11 is 6.57. The maximum atomic E-state index is 11.9. The molecular formula is C10H7ClN4O3S. The molecule has 7 nitrogen and oxygen atoms in total. The molecule has 2 heterocycles. The molecule has 0 atom stereocenters. The van der Waals surface area contributed by atoms with Crippen molar-refractivity contribution in [3.8, 4) is 0 Å². The van der Waals surface area contributed by atoms with Gasteiger partial charge in [0.2, 0.25) is 0 Å². The van der Waals surface area contributed by atoms with Crippen molar-refractivity contribution < 1.29 is 14.7 Å². The maximum Gasteiger partial charge on any atom is 0.347 e. The minimum absolute atomic E-state index is 0.0344. The number of amides is 1. The van der Waals surface area contributed by atoms with Crippen LogP contribution in [-0.4, -0.2) is 31.9 Å². The molecule has 0 aliphatic heterocycles. The van der Waals surface area contributed by atoms with E-state index in [1.54, 1.807) is 6.92 Å². The fraction of sp³-hybridized carbons (Fsp3) is 0.100. The number of hydrogen-bond acceptors (Lipinski definition) is 6. The van der Waals surface area contributed by atoms with E-state index in [4.69, 9.17) is 16.7 Å². The van der Waals surface area contributed by atoms with Gasteiger partial charge in [0, 0.05) is 6.07 Å². The SMILES string of the molecule is Cc1nc(Cl)cc(C(=O)Nc2ncc(C(=O)O)s2)n1. The summed E-state index contributed by atoms with van der Waals surface area (Å²) in [6.07, 6.45) is 1.17. The Balaban J connectivity index is 2.18. The van der Waals surface area contributed by atoms with Crippen LogP contribution >= 0.6 is 22.9 Å². The first-order valence-corrected chi connectivity index (χ1v) is 6.17. The topological polar surface area (TPSA) is 105 Å². The predicted molar refractivity (Wildman–Crippen MR) is 68.8 cm³/mol. The van der Waals surface area contributed by atoms with E-state index in [-0.39, 0.29) is 20.9 Å². The number of aromatic nitrogens is 3. The number of rotatable bonds is 3. The highest BCUT2D eigenvalue weighted by molar-refractivity contribution is 7.17. The van der Waals surface area contributed by atoms with Gasteiger partial charge in [-0.2, -0.15) is 0 Å². The van der Waals surface area contributed by atoms with Gasteiger partial charge >= 0.3 is 5.97 Å². The highest BCUT2D eigenvalue weighted by Crippen LogP contribution is 2.18. The minimum Gasteiger partial charge on any atom is -0.477 e. The van der Waals surface area contributed by atoms with Crippen molar-refractivity contribution in [3.63, 3.8) is 0 Å². The smallest absolute Gasteiger partial charge is 0.347 e. The number of thiazole rings is 1. The molecule has 9 heteroatoms. The van der Waals surface area contributed by atoms with Crippen LogP contribution in [0.2, 0.25) is 5.15 Å². The van der Waals surface area contributed by atoms with Gasteiger partial charge in [0.05, 0.1) is 6.20 Å². The Labute approximate surface area is 116 Å². The number of aromatic carboxylic acids is 1. The molecule has 1 amide bonds. The van der Waals surface area contributed by atoms with Gasteiger partial charge in [-0.1, -0.05) is 22.9 Å². The summed E-state index contributed by atoms with van der Waals surface area (Å²) in [5.74, 6) is -1.26. The van der Waals surface area contributed by atoms with Gasteiger partial charge < -0.3 is 5.11 Å². The molecule has 0 saturated heterocycles. The standard InChI is InChI=1S/C10H7ClN4O3S/c1-4-13-5(2-7(11)14-4)8(16)15-10-12-3-6(19-10)9(17)18/h2-3H,1H3,(H,17,18)(H,12,15,16). The average Bonchev–Trinajstić information content (AvgIpc) is 2.76. The normalized spacial score (nSPS) is 10.2. The zero-order valence-corrected chi connectivity index (χ0v) is 11.1. The number of halogens is 1. The number of carboxylic acids is 1. The van der Waals surface area contributed by atoms with Crippen LogP contribution < -0.4 is 5.32 Å². The van der Waals surface area contributed by atoms with Crippen LogP contribution in [0.5, 0.6) is 0 Å². The van der Waals surface area contributed by atoms with Gasteiger partial charge in [-0.15, -0.1) is 0 Å². The van der Waals surface area contributed by atoms with Crippen LogP contribution in [-0.2, 0) is 0 Å². The predicted octanol–water partition coefficient (Wildman–Crippen LogP) is 1.85. The zero-order valence-electron chi connectivity index (χ0n) is 9.55. The van der Waals surface area contributed by atoms with E-state index in [1.165, 1.54) is 12.3 Å². The summed E-state index contributed by atoms with van der Waals surface area (Å²) in [6.45, 7) is 1.61. The van der Waals surface area contributed by atoms with Gasteiger partial charge in [0.25, 0.3) is 5.91 Å². The molecule has 0 saturated carbocycles. The summed E-state index contributed by atoms with van der Waals surface area (Å²) < 4.78 is 0. The van der Waals surface area contributed by atoms with E-state index >= 15 is 0 Å². The highest BCUT2D eigenvalue weighted by Gasteiger charge is 2.14. The Bertz CT molecular complexity index is 638. The quantitative estimate of drug-likeness (QED) is 0.838. The molecule has 2 aromatic rings. The number of aryl methyl sites for hydroxylation is 1. The molecule has 0 spiro atoms. The Morgan fingerprint density at radius 3 is 2.74 bits per heavy atom. The number of anilines is 1. The van der Waals surface area contributed by atoms with Crippen LogP contribution in [0.4, 0.5) is 5.13 Å². The Kier molecular flexibility index (Phi) is 3.72. The Morgan fingerprint density at radius 1 is 1.42 bits per heavy atom. The third-order valence-electron chi connectivity index (χ3n) is 1.98. The molecule has 0 bridgehead atoms. The van der Waals surface area contributed by atoms with E-state index in [2.05, 4.69) is 20.3 Å². The fourth-order valence-corrected chi connectivity index (χ4v) is 2.12. The second-order valence-corrected chi connectivity index (χ2v) is 4.83. The first kappa shape index (κ1) is 13.4. The van der Waals surface area contributed by atoms with Gasteiger partial charge in [0.15, 0.2) is 5.13 Å². The highest BCUT2D eigenvalue weighted by atomic mass is 35.5. The molecular weight excluding hydrogens is 292 g/mol. The summed E-state index contributed by atoms with van der Waals surface area (Å²) in [6, 6.07) is 1.32. The van der Waals surface area contributed by atoms with Crippen molar-refractivity contribution in [2.24, 2.45) is 0 Å².